The minimum Gasteiger partial charge on any atom is -0.497 e. The zero-order chi connectivity index (χ0) is 23.2. The lowest BCUT2D eigenvalue weighted by molar-refractivity contribution is 0.210. The minimum absolute atomic E-state index is 0.119. The number of aliphatic hydroxyl groups is 1. The quantitative estimate of drug-likeness (QED) is 0.591. The van der Waals surface area contributed by atoms with Crippen molar-refractivity contribution in [1.29, 1.82) is 0 Å². The van der Waals surface area contributed by atoms with Gasteiger partial charge in [0.2, 0.25) is 10.0 Å². The highest BCUT2D eigenvalue weighted by molar-refractivity contribution is 7.89. The van der Waals surface area contributed by atoms with Crippen LogP contribution in [0.2, 0.25) is 0 Å². The lowest BCUT2D eigenvalue weighted by Gasteiger charge is -2.39. The van der Waals surface area contributed by atoms with Crippen molar-refractivity contribution < 1.29 is 22.7 Å². The summed E-state index contributed by atoms with van der Waals surface area (Å²) in [5.41, 5.74) is 3.46. The number of sulfonamides is 1. The van der Waals surface area contributed by atoms with Gasteiger partial charge in [-0.25, -0.2) is 12.8 Å². The Labute approximate surface area is 192 Å². The molecule has 2 aliphatic rings. The third-order valence-electron chi connectivity index (χ3n) is 6.65. The molecule has 3 atom stereocenters. The summed E-state index contributed by atoms with van der Waals surface area (Å²) in [6, 6.07) is 18.2. The average Bonchev–Trinajstić information content (AvgIpc) is 3.30. The Morgan fingerprint density at radius 1 is 1.09 bits per heavy atom. The van der Waals surface area contributed by atoms with Gasteiger partial charge in [-0.15, -0.1) is 0 Å². The SMILES string of the molecule is COc1cccc(-c2ccc3c(c2)[C@H]2[C@H](CCN2S(=O)(=O)c2ccccc2F)[C@H](CO)N3)c1. The Morgan fingerprint density at radius 2 is 1.88 bits per heavy atom. The molecule has 3 aromatic rings. The number of rotatable bonds is 5. The predicted molar refractivity (Wildman–Crippen MR) is 124 cm³/mol. The van der Waals surface area contributed by atoms with E-state index < -0.39 is 21.9 Å². The second-order valence-electron chi connectivity index (χ2n) is 8.41. The van der Waals surface area contributed by atoms with Gasteiger partial charge in [0.05, 0.1) is 25.8 Å². The van der Waals surface area contributed by atoms with Crippen LogP contribution in [0.15, 0.2) is 71.6 Å². The standard InChI is InChI=1S/C25H25FN2O4S/c1-32-18-6-4-5-16(13-18)17-9-10-22-20(14-17)25-19(23(15-29)27-22)11-12-28(25)33(30,31)24-8-3-2-7-21(24)26/h2-10,13-14,19,23,25,27,29H,11-12,15H2,1H3/t19-,23+,25-/m1/s1. The molecule has 0 radical (unpaired) electrons. The summed E-state index contributed by atoms with van der Waals surface area (Å²) in [6.45, 7) is 0.138. The van der Waals surface area contributed by atoms with E-state index in [-0.39, 0.29) is 30.0 Å². The number of anilines is 1. The molecule has 5 rings (SSSR count). The first-order valence-electron chi connectivity index (χ1n) is 10.9. The zero-order valence-electron chi connectivity index (χ0n) is 18.1. The van der Waals surface area contributed by atoms with E-state index in [0.717, 1.165) is 34.2 Å². The largest absolute Gasteiger partial charge is 0.497 e. The molecule has 8 heteroatoms. The van der Waals surface area contributed by atoms with Crippen molar-refractivity contribution in [2.24, 2.45) is 5.92 Å². The average molecular weight is 469 g/mol. The molecule has 0 aliphatic carbocycles. The summed E-state index contributed by atoms with van der Waals surface area (Å²) in [5.74, 6) is -0.172. The highest BCUT2D eigenvalue weighted by Gasteiger charge is 2.49. The molecule has 0 saturated carbocycles. The van der Waals surface area contributed by atoms with E-state index in [1.807, 2.05) is 42.5 Å². The zero-order valence-corrected chi connectivity index (χ0v) is 18.9. The van der Waals surface area contributed by atoms with E-state index in [9.17, 15) is 17.9 Å². The van der Waals surface area contributed by atoms with E-state index in [2.05, 4.69) is 5.32 Å². The molecule has 0 aromatic heterocycles. The lowest BCUT2D eigenvalue weighted by Crippen LogP contribution is -2.43. The molecule has 2 aliphatic heterocycles. The normalized spacial score (nSPS) is 22.3. The summed E-state index contributed by atoms with van der Waals surface area (Å²) in [4.78, 5) is -0.324. The van der Waals surface area contributed by atoms with Crippen molar-refractivity contribution in [3.63, 3.8) is 0 Å². The number of fused-ring (bicyclic) bond motifs is 3. The topological polar surface area (TPSA) is 78.9 Å². The number of hydrogen-bond acceptors (Lipinski definition) is 5. The highest BCUT2D eigenvalue weighted by Crippen LogP contribution is 2.49. The molecule has 3 aromatic carbocycles. The first-order valence-corrected chi connectivity index (χ1v) is 12.3. The number of nitrogens with zero attached hydrogens (tertiary/aromatic N) is 1. The molecule has 2 heterocycles. The second-order valence-corrected chi connectivity index (χ2v) is 10.3. The van der Waals surface area contributed by atoms with Crippen LogP contribution in [0.1, 0.15) is 18.0 Å². The third-order valence-corrected chi connectivity index (χ3v) is 8.56. The molecular formula is C25H25FN2O4S. The van der Waals surface area contributed by atoms with Crippen molar-refractivity contribution in [1.82, 2.24) is 4.31 Å². The van der Waals surface area contributed by atoms with Crippen LogP contribution in [0.25, 0.3) is 11.1 Å². The maximum Gasteiger partial charge on any atom is 0.246 e. The van der Waals surface area contributed by atoms with Gasteiger partial charge in [0.1, 0.15) is 16.5 Å². The summed E-state index contributed by atoms with van der Waals surface area (Å²) < 4.78 is 48.3. The van der Waals surface area contributed by atoms with E-state index >= 15 is 0 Å². The first kappa shape index (κ1) is 21.9. The van der Waals surface area contributed by atoms with Crippen LogP contribution < -0.4 is 10.1 Å². The Hall–Kier alpha value is -2.94. The van der Waals surface area contributed by atoms with Crippen molar-refractivity contribution in [3.8, 4) is 16.9 Å². The number of benzene rings is 3. The number of hydrogen-bond donors (Lipinski definition) is 2. The van der Waals surface area contributed by atoms with Crippen molar-refractivity contribution in [3.05, 3.63) is 78.1 Å². The molecule has 0 spiro atoms. The molecule has 6 nitrogen and oxygen atoms in total. The fraction of sp³-hybridized carbons (Fsp3) is 0.280. The molecule has 0 amide bonds. The van der Waals surface area contributed by atoms with Crippen LogP contribution in [0.4, 0.5) is 10.1 Å². The van der Waals surface area contributed by atoms with Crippen LogP contribution in [0.3, 0.4) is 0 Å². The Morgan fingerprint density at radius 3 is 2.64 bits per heavy atom. The maximum absolute atomic E-state index is 14.5. The van der Waals surface area contributed by atoms with Crippen LogP contribution in [-0.2, 0) is 10.0 Å². The van der Waals surface area contributed by atoms with Gasteiger partial charge in [-0.05, 0) is 59.5 Å². The highest BCUT2D eigenvalue weighted by atomic mass is 32.2. The lowest BCUT2D eigenvalue weighted by atomic mass is 9.82. The summed E-state index contributed by atoms with van der Waals surface area (Å²) >= 11 is 0. The number of methoxy groups -OCH3 is 1. The van der Waals surface area contributed by atoms with Gasteiger partial charge in [-0.2, -0.15) is 4.31 Å². The van der Waals surface area contributed by atoms with Crippen LogP contribution in [0.5, 0.6) is 5.75 Å². The molecule has 33 heavy (non-hydrogen) atoms. The van der Waals surface area contributed by atoms with Gasteiger partial charge >= 0.3 is 0 Å². The molecule has 2 N–H and O–H groups in total. The number of nitrogens with one attached hydrogen (secondary N) is 1. The maximum atomic E-state index is 14.5. The monoisotopic (exact) mass is 468 g/mol. The Kier molecular flexibility index (Phi) is 5.60. The van der Waals surface area contributed by atoms with Gasteiger partial charge in [-0.1, -0.05) is 30.3 Å². The van der Waals surface area contributed by atoms with Gasteiger partial charge in [-0.3, -0.25) is 0 Å². The Bertz CT molecular complexity index is 1300. The second kappa shape index (κ2) is 8.44. The molecule has 172 valence electrons. The van der Waals surface area contributed by atoms with Crippen LogP contribution in [0, 0.1) is 11.7 Å². The third kappa shape index (κ3) is 3.68. The first-order chi connectivity index (χ1) is 15.9. The number of halogens is 1. The number of ether oxygens (including phenoxy) is 1. The smallest absolute Gasteiger partial charge is 0.246 e. The van der Waals surface area contributed by atoms with Crippen molar-refractivity contribution in [2.45, 2.75) is 23.4 Å². The van der Waals surface area contributed by atoms with E-state index in [4.69, 9.17) is 4.74 Å². The molecule has 0 unspecified atom stereocenters. The molecule has 1 fully saturated rings. The van der Waals surface area contributed by atoms with E-state index in [0.29, 0.717) is 6.42 Å². The van der Waals surface area contributed by atoms with Gasteiger partial charge in [0.25, 0.3) is 0 Å². The fourth-order valence-corrected chi connectivity index (χ4v) is 6.78. The van der Waals surface area contributed by atoms with E-state index in [1.54, 1.807) is 7.11 Å². The minimum atomic E-state index is -4.07. The van der Waals surface area contributed by atoms with Gasteiger partial charge < -0.3 is 15.2 Å². The summed E-state index contributed by atoms with van der Waals surface area (Å²) in [7, 11) is -2.46. The summed E-state index contributed by atoms with van der Waals surface area (Å²) in [6.07, 6.45) is 0.569. The van der Waals surface area contributed by atoms with Crippen LogP contribution >= 0.6 is 0 Å². The summed E-state index contributed by atoms with van der Waals surface area (Å²) in [5, 5.41) is 13.4. The van der Waals surface area contributed by atoms with Gasteiger partial charge in [0, 0.05) is 18.2 Å². The molecular weight excluding hydrogens is 443 g/mol. The molecule has 0 bridgehead atoms. The fourth-order valence-electron chi connectivity index (χ4n) is 5.05. The van der Waals surface area contributed by atoms with Crippen LogP contribution in [-0.4, -0.2) is 44.1 Å². The Balaban J connectivity index is 1.62. The van der Waals surface area contributed by atoms with Crippen molar-refractivity contribution >= 4 is 15.7 Å². The number of aliphatic hydroxyl groups excluding tert-OH is 1. The van der Waals surface area contributed by atoms with E-state index in [1.165, 1.54) is 22.5 Å². The molecule has 1 saturated heterocycles. The van der Waals surface area contributed by atoms with Gasteiger partial charge in [0.15, 0.2) is 0 Å². The van der Waals surface area contributed by atoms with Crippen molar-refractivity contribution in [2.75, 3.05) is 25.6 Å². The predicted octanol–water partition coefficient (Wildman–Crippen LogP) is 4.04.